The fourth-order valence-corrected chi connectivity index (χ4v) is 2.35. The van der Waals surface area contributed by atoms with Gasteiger partial charge in [-0.2, -0.15) is 0 Å². The molecule has 0 radical (unpaired) electrons. The Labute approximate surface area is 116 Å². The molecule has 1 heterocycles. The number of carbonyl (C=O) groups excluding carboxylic acids is 1. The maximum atomic E-state index is 13.4. The number of aliphatic hydroxyl groups is 1. The van der Waals surface area contributed by atoms with E-state index in [0.717, 1.165) is 25.0 Å². The number of benzene rings is 1. The summed E-state index contributed by atoms with van der Waals surface area (Å²) in [5, 5.41) is 9.99. The summed E-state index contributed by atoms with van der Waals surface area (Å²) in [5.41, 5.74) is 0.395. The van der Waals surface area contributed by atoms with Crippen molar-refractivity contribution in [3.8, 4) is 0 Å². The molecule has 1 saturated heterocycles. The predicted octanol–water partition coefficient (Wildman–Crippen LogP) is 2.16. The largest absolute Gasteiger partial charge is 0.464 e. The minimum absolute atomic E-state index is 0.0456. The third kappa shape index (κ3) is 2.90. The average molecular weight is 285 g/mol. The van der Waals surface area contributed by atoms with Crippen molar-refractivity contribution in [2.24, 2.45) is 0 Å². The molecule has 1 N–H and O–H groups in total. The van der Waals surface area contributed by atoms with E-state index in [4.69, 9.17) is 4.74 Å². The van der Waals surface area contributed by atoms with E-state index in [1.165, 1.54) is 0 Å². The number of esters is 1. The van der Waals surface area contributed by atoms with Crippen LogP contribution in [0.1, 0.15) is 31.4 Å². The minimum Gasteiger partial charge on any atom is -0.464 e. The van der Waals surface area contributed by atoms with Gasteiger partial charge in [0.2, 0.25) is 0 Å². The fourth-order valence-electron chi connectivity index (χ4n) is 2.35. The van der Waals surface area contributed by atoms with E-state index in [1.807, 2.05) is 4.90 Å². The molecule has 0 aromatic heterocycles. The number of nitrogens with zero attached hydrogens (tertiary/aromatic N) is 1. The van der Waals surface area contributed by atoms with Crippen LogP contribution in [0, 0.1) is 11.6 Å². The molecule has 20 heavy (non-hydrogen) atoms. The van der Waals surface area contributed by atoms with Gasteiger partial charge in [-0.25, -0.2) is 13.6 Å². The third-order valence-electron chi connectivity index (χ3n) is 3.32. The second kappa shape index (κ2) is 6.17. The second-order valence-corrected chi connectivity index (χ2v) is 4.67. The zero-order valence-electron chi connectivity index (χ0n) is 11.2. The Morgan fingerprint density at radius 2 is 1.95 bits per heavy atom. The van der Waals surface area contributed by atoms with E-state index in [9.17, 15) is 18.7 Å². The first-order valence-electron chi connectivity index (χ1n) is 6.63. The summed E-state index contributed by atoms with van der Waals surface area (Å²) < 4.78 is 31.5. The van der Waals surface area contributed by atoms with Gasteiger partial charge in [-0.3, -0.25) is 0 Å². The number of carbonyl (C=O) groups is 1. The highest BCUT2D eigenvalue weighted by molar-refractivity contribution is 5.79. The number of rotatable bonds is 4. The number of halogens is 2. The lowest BCUT2D eigenvalue weighted by molar-refractivity contribution is -0.153. The van der Waals surface area contributed by atoms with E-state index < -0.39 is 23.7 Å². The van der Waals surface area contributed by atoms with Crippen molar-refractivity contribution in [3.63, 3.8) is 0 Å². The van der Waals surface area contributed by atoms with Crippen LogP contribution in [0.15, 0.2) is 12.1 Å². The lowest BCUT2D eigenvalue weighted by Gasteiger charge is -2.23. The van der Waals surface area contributed by atoms with Gasteiger partial charge in [0.05, 0.1) is 6.61 Å². The van der Waals surface area contributed by atoms with E-state index >= 15 is 0 Å². The summed E-state index contributed by atoms with van der Waals surface area (Å²) in [4.78, 5) is 13.4. The Morgan fingerprint density at radius 3 is 2.55 bits per heavy atom. The van der Waals surface area contributed by atoms with Crippen LogP contribution in [-0.2, 0) is 9.53 Å². The number of hydrogen-bond donors (Lipinski definition) is 1. The fraction of sp³-hybridized carbons (Fsp3) is 0.500. The van der Waals surface area contributed by atoms with Gasteiger partial charge in [-0.1, -0.05) is 0 Å². The lowest BCUT2D eigenvalue weighted by atomic mass is 10.1. The first kappa shape index (κ1) is 14.7. The van der Waals surface area contributed by atoms with Crippen molar-refractivity contribution in [2.45, 2.75) is 25.9 Å². The summed E-state index contributed by atoms with van der Waals surface area (Å²) in [7, 11) is 0. The highest BCUT2D eigenvalue weighted by atomic mass is 19.2. The van der Waals surface area contributed by atoms with Gasteiger partial charge in [0.1, 0.15) is 0 Å². The molecule has 110 valence electrons. The first-order valence-corrected chi connectivity index (χ1v) is 6.63. The molecule has 1 aliphatic heterocycles. The molecule has 1 aromatic rings. The number of aliphatic hydroxyl groups excluding tert-OH is 1. The van der Waals surface area contributed by atoms with Crippen LogP contribution in [-0.4, -0.2) is 30.8 Å². The Kier molecular flexibility index (Phi) is 4.54. The molecule has 1 unspecified atom stereocenters. The van der Waals surface area contributed by atoms with Gasteiger partial charge < -0.3 is 14.7 Å². The Balaban J connectivity index is 2.38. The van der Waals surface area contributed by atoms with Crippen LogP contribution >= 0.6 is 0 Å². The Hall–Kier alpha value is -1.69. The second-order valence-electron chi connectivity index (χ2n) is 4.67. The monoisotopic (exact) mass is 285 g/mol. The van der Waals surface area contributed by atoms with Crippen molar-refractivity contribution >= 4 is 11.7 Å². The van der Waals surface area contributed by atoms with Crippen molar-refractivity contribution in [1.82, 2.24) is 0 Å². The number of hydrogen-bond acceptors (Lipinski definition) is 4. The molecule has 6 heteroatoms. The van der Waals surface area contributed by atoms with Gasteiger partial charge >= 0.3 is 5.97 Å². The van der Waals surface area contributed by atoms with E-state index in [0.29, 0.717) is 18.8 Å². The third-order valence-corrected chi connectivity index (χ3v) is 3.32. The predicted molar refractivity (Wildman–Crippen MR) is 69.4 cm³/mol. The normalized spacial score (nSPS) is 16.3. The number of anilines is 1. The van der Waals surface area contributed by atoms with Crippen LogP contribution < -0.4 is 4.90 Å². The summed E-state index contributed by atoms with van der Waals surface area (Å²) >= 11 is 0. The van der Waals surface area contributed by atoms with Crippen LogP contribution in [0.4, 0.5) is 14.5 Å². The van der Waals surface area contributed by atoms with Crippen molar-refractivity contribution in [3.05, 3.63) is 29.3 Å². The summed E-state index contributed by atoms with van der Waals surface area (Å²) in [6.45, 7) is 3.09. The Morgan fingerprint density at radius 1 is 1.35 bits per heavy atom. The molecule has 2 rings (SSSR count). The van der Waals surface area contributed by atoms with Crippen LogP contribution in [0.5, 0.6) is 0 Å². The number of ether oxygens (including phenoxy) is 1. The van der Waals surface area contributed by atoms with E-state index in [1.54, 1.807) is 6.92 Å². The zero-order valence-corrected chi connectivity index (χ0v) is 11.2. The van der Waals surface area contributed by atoms with Gasteiger partial charge in [-0.05, 0) is 25.8 Å². The standard InChI is InChI=1S/C14H17F2NO3/c1-2-20-14(19)13(18)9-7-10(15)11(16)8-12(9)17-5-3-4-6-17/h7-8,13,18H,2-6H2,1H3. The van der Waals surface area contributed by atoms with E-state index in [-0.39, 0.29) is 12.2 Å². The molecule has 0 saturated carbocycles. The molecule has 1 fully saturated rings. The molecule has 0 aliphatic carbocycles. The van der Waals surface area contributed by atoms with Gasteiger partial charge in [0.25, 0.3) is 0 Å². The Bertz CT molecular complexity index is 501. The molecular formula is C14H17F2NO3. The summed E-state index contributed by atoms with van der Waals surface area (Å²) in [6, 6.07) is 1.89. The summed E-state index contributed by atoms with van der Waals surface area (Å²) in [6.07, 6.45) is 0.266. The molecule has 0 amide bonds. The average Bonchev–Trinajstić information content (AvgIpc) is 2.94. The summed E-state index contributed by atoms with van der Waals surface area (Å²) in [5.74, 6) is -2.95. The van der Waals surface area contributed by atoms with Crippen LogP contribution in [0.3, 0.4) is 0 Å². The van der Waals surface area contributed by atoms with Crippen LogP contribution in [0.25, 0.3) is 0 Å². The SMILES string of the molecule is CCOC(=O)C(O)c1cc(F)c(F)cc1N1CCCC1. The first-order chi connectivity index (χ1) is 9.54. The molecule has 0 spiro atoms. The highest BCUT2D eigenvalue weighted by Crippen LogP contribution is 2.32. The molecule has 1 aliphatic rings. The van der Waals surface area contributed by atoms with Gasteiger partial charge in [0, 0.05) is 30.4 Å². The molecule has 1 aromatic carbocycles. The quantitative estimate of drug-likeness (QED) is 0.861. The molecule has 1 atom stereocenters. The van der Waals surface area contributed by atoms with Crippen molar-refractivity contribution in [1.29, 1.82) is 0 Å². The van der Waals surface area contributed by atoms with Gasteiger partial charge in [-0.15, -0.1) is 0 Å². The van der Waals surface area contributed by atoms with Crippen molar-refractivity contribution < 1.29 is 23.4 Å². The highest BCUT2D eigenvalue weighted by Gasteiger charge is 2.27. The van der Waals surface area contributed by atoms with E-state index in [2.05, 4.69) is 0 Å². The smallest absolute Gasteiger partial charge is 0.339 e. The van der Waals surface area contributed by atoms with Gasteiger partial charge in [0.15, 0.2) is 17.7 Å². The minimum atomic E-state index is -1.61. The molecule has 0 bridgehead atoms. The maximum Gasteiger partial charge on any atom is 0.339 e. The maximum absolute atomic E-state index is 13.4. The van der Waals surface area contributed by atoms with Crippen molar-refractivity contribution in [2.75, 3.05) is 24.6 Å². The van der Waals surface area contributed by atoms with Crippen LogP contribution in [0.2, 0.25) is 0 Å². The zero-order chi connectivity index (χ0) is 14.7. The topological polar surface area (TPSA) is 49.8 Å². The molecular weight excluding hydrogens is 268 g/mol. The lowest BCUT2D eigenvalue weighted by Crippen LogP contribution is -2.23. The molecule has 4 nitrogen and oxygen atoms in total.